The molecule has 0 radical (unpaired) electrons. The van der Waals surface area contributed by atoms with Crippen molar-refractivity contribution in [1.82, 2.24) is 0 Å². The second kappa shape index (κ2) is 4.31. The average Bonchev–Trinajstić information content (AvgIpc) is 2.30. The zero-order valence-electron chi connectivity index (χ0n) is 8.64. The Hall–Kier alpha value is -2.26. The fourth-order valence-corrected chi connectivity index (χ4v) is 1.52. The van der Waals surface area contributed by atoms with E-state index in [0.717, 1.165) is 11.0 Å². The van der Waals surface area contributed by atoms with Gasteiger partial charge in [0.25, 0.3) is 11.8 Å². The van der Waals surface area contributed by atoms with Crippen molar-refractivity contribution in [2.75, 3.05) is 18.1 Å². The lowest BCUT2D eigenvalue weighted by Crippen LogP contribution is -2.46. The van der Waals surface area contributed by atoms with E-state index in [1.165, 1.54) is 12.1 Å². The molecule has 1 heterocycles. The van der Waals surface area contributed by atoms with Crippen LogP contribution in [0.5, 0.6) is 0 Å². The quantitative estimate of drug-likeness (QED) is 0.666. The van der Waals surface area contributed by atoms with Gasteiger partial charge >= 0.3 is 0 Å². The van der Waals surface area contributed by atoms with Gasteiger partial charge in [0.05, 0.1) is 17.3 Å². The lowest BCUT2D eigenvalue weighted by Gasteiger charge is -2.25. The predicted molar refractivity (Wildman–Crippen MR) is 54.4 cm³/mol. The molecule has 0 spiro atoms. The van der Waals surface area contributed by atoms with Crippen molar-refractivity contribution in [2.45, 2.75) is 0 Å². The van der Waals surface area contributed by atoms with Crippen LogP contribution < -0.4 is 4.90 Å². The van der Waals surface area contributed by atoms with Crippen molar-refractivity contribution in [1.29, 1.82) is 5.26 Å². The first kappa shape index (κ1) is 11.2. The maximum absolute atomic E-state index is 13.6. The number of amides is 2. The van der Waals surface area contributed by atoms with E-state index in [1.54, 1.807) is 6.07 Å². The fourth-order valence-electron chi connectivity index (χ4n) is 1.52. The Bertz CT molecular complexity index is 520. The van der Waals surface area contributed by atoms with E-state index in [0.29, 0.717) is 0 Å². The van der Waals surface area contributed by atoms with Gasteiger partial charge in [-0.15, -0.1) is 0 Å². The van der Waals surface area contributed by atoms with Gasteiger partial charge in [-0.05, 0) is 18.2 Å². The number of rotatable bonds is 1. The van der Waals surface area contributed by atoms with Gasteiger partial charge < -0.3 is 4.74 Å². The summed E-state index contributed by atoms with van der Waals surface area (Å²) in [6.07, 6.45) is 0. The van der Waals surface area contributed by atoms with Gasteiger partial charge in [-0.1, -0.05) is 0 Å². The van der Waals surface area contributed by atoms with Crippen LogP contribution in [-0.2, 0) is 14.3 Å². The Morgan fingerprint density at radius 3 is 2.47 bits per heavy atom. The largest absolute Gasteiger partial charge is 0.362 e. The first-order valence-electron chi connectivity index (χ1n) is 4.76. The molecule has 0 bridgehead atoms. The number of ether oxygens (including phenoxy) is 1. The van der Waals surface area contributed by atoms with E-state index in [-0.39, 0.29) is 24.5 Å². The number of hydrogen-bond acceptors (Lipinski definition) is 4. The highest BCUT2D eigenvalue weighted by Gasteiger charge is 2.30. The number of carbonyl (C=O) groups excluding carboxylic acids is 2. The summed E-state index contributed by atoms with van der Waals surface area (Å²) in [5, 5.41) is 8.58. The summed E-state index contributed by atoms with van der Waals surface area (Å²) in [7, 11) is 0. The molecule has 0 aromatic heterocycles. The van der Waals surface area contributed by atoms with Crippen LogP contribution in [0.15, 0.2) is 18.2 Å². The molecule has 17 heavy (non-hydrogen) atoms. The lowest BCUT2D eigenvalue weighted by molar-refractivity contribution is -0.138. The number of anilines is 1. The first-order valence-corrected chi connectivity index (χ1v) is 4.76. The monoisotopic (exact) mass is 234 g/mol. The third kappa shape index (κ3) is 2.00. The van der Waals surface area contributed by atoms with E-state index >= 15 is 0 Å². The SMILES string of the molecule is N#Cc1ccc(N2C(=O)COCC2=O)c(F)c1. The molecule has 6 heteroatoms. The van der Waals surface area contributed by atoms with Crippen LogP contribution in [0, 0.1) is 17.1 Å². The topological polar surface area (TPSA) is 70.4 Å². The minimum atomic E-state index is -0.785. The summed E-state index contributed by atoms with van der Waals surface area (Å²) in [6.45, 7) is -0.517. The van der Waals surface area contributed by atoms with E-state index in [1.807, 2.05) is 0 Å². The molecule has 86 valence electrons. The Kier molecular flexibility index (Phi) is 2.85. The molecule has 0 saturated carbocycles. The van der Waals surface area contributed by atoms with Gasteiger partial charge in [-0.2, -0.15) is 5.26 Å². The number of nitriles is 1. The van der Waals surface area contributed by atoms with Crippen molar-refractivity contribution < 1.29 is 18.7 Å². The molecule has 1 saturated heterocycles. The first-order chi connectivity index (χ1) is 8.13. The zero-order valence-corrected chi connectivity index (χ0v) is 8.64. The van der Waals surface area contributed by atoms with E-state index in [2.05, 4.69) is 0 Å². The number of imide groups is 1. The van der Waals surface area contributed by atoms with Crippen LogP contribution in [0.1, 0.15) is 5.56 Å². The molecule has 1 fully saturated rings. The number of carbonyl (C=O) groups is 2. The van der Waals surface area contributed by atoms with Gasteiger partial charge in [0, 0.05) is 0 Å². The van der Waals surface area contributed by atoms with Crippen LogP contribution >= 0.6 is 0 Å². The van der Waals surface area contributed by atoms with E-state index < -0.39 is 17.6 Å². The molecule has 1 aromatic carbocycles. The van der Waals surface area contributed by atoms with Gasteiger partial charge in [-0.3, -0.25) is 9.59 Å². The predicted octanol–water partition coefficient (Wildman–Crippen LogP) is 0.587. The summed E-state index contributed by atoms with van der Waals surface area (Å²) < 4.78 is 18.3. The van der Waals surface area contributed by atoms with Crippen LogP contribution in [0.4, 0.5) is 10.1 Å². The number of nitrogens with zero attached hydrogens (tertiary/aromatic N) is 2. The second-order valence-electron chi connectivity index (χ2n) is 3.39. The smallest absolute Gasteiger partial charge is 0.259 e. The third-order valence-electron chi connectivity index (χ3n) is 2.27. The summed E-state index contributed by atoms with van der Waals surface area (Å²) in [5.74, 6) is -2.03. The molecule has 5 nitrogen and oxygen atoms in total. The number of hydrogen-bond donors (Lipinski definition) is 0. The normalized spacial score (nSPS) is 15.9. The summed E-state index contributed by atoms with van der Waals surface area (Å²) in [4.78, 5) is 23.7. The minimum absolute atomic E-state index is 0.124. The lowest BCUT2D eigenvalue weighted by atomic mass is 10.2. The summed E-state index contributed by atoms with van der Waals surface area (Å²) in [5.41, 5.74) is -0.0262. The highest BCUT2D eigenvalue weighted by Crippen LogP contribution is 2.22. The van der Waals surface area contributed by atoms with Gasteiger partial charge in [0.1, 0.15) is 19.0 Å². The van der Waals surface area contributed by atoms with Crippen LogP contribution in [0.3, 0.4) is 0 Å². The number of morpholine rings is 1. The zero-order chi connectivity index (χ0) is 12.4. The van der Waals surface area contributed by atoms with Crippen LogP contribution in [0.2, 0.25) is 0 Å². The standard InChI is InChI=1S/C11H7FN2O3/c12-8-3-7(4-13)1-2-9(8)14-10(15)5-17-6-11(14)16/h1-3H,5-6H2. The van der Waals surface area contributed by atoms with Crippen molar-refractivity contribution >= 4 is 17.5 Å². The summed E-state index contributed by atoms with van der Waals surface area (Å²) >= 11 is 0. The van der Waals surface area contributed by atoms with E-state index in [9.17, 15) is 14.0 Å². The average molecular weight is 234 g/mol. The maximum atomic E-state index is 13.6. The van der Waals surface area contributed by atoms with Gasteiger partial charge in [-0.25, -0.2) is 9.29 Å². The number of halogens is 1. The molecular formula is C11H7FN2O3. The Morgan fingerprint density at radius 1 is 1.29 bits per heavy atom. The molecule has 0 N–H and O–H groups in total. The molecule has 0 aliphatic carbocycles. The highest BCUT2D eigenvalue weighted by molar-refractivity contribution is 6.17. The molecule has 1 aliphatic rings. The molecule has 2 amide bonds. The fraction of sp³-hybridized carbons (Fsp3) is 0.182. The molecule has 0 atom stereocenters. The molecule has 1 aliphatic heterocycles. The molecule has 1 aromatic rings. The Morgan fingerprint density at radius 2 is 1.94 bits per heavy atom. The van der Waals surface area contributed by atoms with Gasteiger partial charge in [0.15, 0.2) is 0 Å². The van der Waals surface area contributed by atoms with Crippen molar-refractivity contribution in [3.63, 3.8) is 0 Å². The van der Waals surface area contributed by atoms with Crippen molar-refractivity contribution in [2.24, 2.45) is 0 Å². The van der Waals surface area contributed by atoms with Crippen LogP contribution in [0.25, 0.3) is 0 Å². The van der Waals surface area contributed by atoms with Crippen molar-refractivity contribution in [3.8, 4) is 6.07 Å². The van der Waals surface area contributed by atoms with Gasteiger partial charge in [0.2, 0.25) is 0 Å². The number of benzene rings is 1. The van der Waals surface area contributed by atoms with Crippen LogP contribution in [-0.4, -0.2) is 25.0 Å². The Labute approximate surface area is 96.0 Å². The highest BCUT2D eigenvalue weighted by atomic mass is 19.1. The maximum Gasteiger partial charge on any atom is 0.259 e. The van der Waals surface area contributed by atoms with E-state index in [4.69, 9.17) is 10.00 Å². The minimum Gasteiger partial charge on any atom is -0.362 e. The third-order valence-corrected chi connectivity index (χ3v) is 2.27. The Balaban J connectivity index is 2.42. The second-order valence-corrected chi connectivity index (χ2v) is 3.39. The molecule has 0 unspecified atom stereocenters. The van der Waals surface area contributed by atoms with Crippen molar-refractivity contribution in [3.05, 3.63) is 29.6 Å². The summed E-state index contributed by atoms with van der Waals surface area (Å²) in [6, 6.07) is 5.32. The molecule has 2 rings (SSSR count). The molecular weight excluding hydrogens is 227 g/mol.